The molecule has 9 nitrogen and oxygen atoms in total. The van der Waals surface area contributed by atoms with Crippen LogP contribution in [0.4, 0.5) is 11.4 Å². The van der Waals surface area contributed by atoms with Crippen molar-refractivity contribution in [2.24, 2.45) is 5.10 Å². The number of methoxy groups -OCH3 is 1. The molecule has 2 aromatic carbocycles. The average Bonchev–Trinajstić information content (AvgIpc) is 3.24. The van der Waals surface area contributed by atoms with Crippen molar-refractivity contribution in [3.63, 3.8) is 0 Å². The molecular weight excluding hydrogens is 384 g/mol. The van der Waals surface area contributed by atoms with Gasteiger partial charge in [-0.3, -0.25) is 15.5 Å². The number of nitro groups is 1. The van der Waals surface area contributed by atoms with Crippen LogP contribution in [-0.2, 0) is 10.0 Å². The predicted octanol–water partition coefficient (Wildman–Crippen LogP) is 2.83. The number of hydrazone groups is 1. The Balaban J connectivity index is 1.83. The van der Waals surface area contributed by atoms with E-state index in [2.05, 4.69) is 10.5 Å². The number of hydrogen-bond donors (Lipinski definition) is 1. The first-order valence-electron chi connectivity index (χ1n) is 8.63. The molecule has 0 radical (unpaired) electrons. The summed E-state index contributed by atoms with van der Waals surface area (Å²) >= 11 is 0. The number of rotatable bonds is 7. The number of anilines is 1. The lowest BCUT2D eigenvalue weighted by Crippen LogP contribution is -2.27. The Kier molecular flexibility index (Phi) is 5.90. The first kappa shape index (κ1) is 19.8. The number of nitro benzene ring substituents is 1. The number of hydrogen-bond acceptors (Lipinski definition) is 7. The summed E-state index contributed by atoms with van der Waals surface area (Å²) in [4.78, 5) is 10.7. The highest BCUT2D eigenvalue weighted by atomic mass is 32.2. The highest BCUT2D eigenvalue weighted by molar-refractivity contribution is 7.89. The first-order valence-corrected chi connectivity index (χ1v) is 10.1. The van der Waals surface area contributed by atoms with Crippen LogP contribution in [-0.4, -0.2) is 44.1 Å². The predicted molar refractivity (Wildman–Crippen MR) is 105 cm³/mol. The van der Waals surface area contributed by atoms with Crippen molar-refractivity contribution in [2.75, 3.05) is 25.6 Å². The third-order valence-corrected chi connectivity index (χ3v) is 6.26. The molecule has 28 heavy (non-hydrogen) atoms. The van der Waals surface area contributed by atoms with E-state index in [0.29, 0.717) is 18.8 Å². The van der Waals surface area contributed by atoms with Crippen LogP contribution >= 0.6 is 0 Å². The third-order valence-electron chi connectivity index (χ3n) is 4.36. The Morgan fingerprint density at radius 2 is 1.96 bits per heavy atom. The summed E-state index contributed by atoms with van der Waals surface area (Å²) in [5.41, 5.74) is 3.09. The summed E-state index contributed by atoms with van der Waals surface area (Å²) in [5.74, 6) is 0.659. The minimum Gasteiger partial charge on any atom is -0.497 e. The molecule has 3 rings (SSSR count). The van der Waals surface area contributed by atoms with E-state index in [4.69, 9.17) is 4.74 Å². The van der Waals surface area contributed by atoms with Gasteiger partial charge in [0.2, 0.25) is 10.0 Å². The summed E-state index contributed by atoms with van der Waals surface area (Å²) in [6.45, 7) is 0.863. The van der Waals surface area contributed by atoms with Gasteiger partial charge in [0.05, 0.1) is 23.1 Å². The molecule has 1 N–H and O–H groups in total. The summed E-state index contributed by atoms with van der Waals surface area (Å²) in [5, 5.41) is 15.4. The van der Waals surface area contributed by atoms with Gasteiger partial charge in [-0.15, -0.1) is 0 Å². The molecule has 0 saturated carbocycles. The monoisotopic (exact) mass is 404 g/mol. The van der Waals surface area contributed by atoms with Crippen LogP contribution in [0.5, 0.6) is 5.75 Å². The Hall–Kier alpha value is -2.98. The van der Waals surface area contributed by atoms with Crippen molar-refractivity contribution >= 4 is 27.6 Å². The molecule has 1 saturated heterocycles. The molecule has 2 aromatic rings. The van der Waals surface area contributed by atoms with Crippen LogP contribution in [0.1, 0.15) is 18.4 Å². The molecule has 0 unspecified atom stereocenters. The largest absolute Gasteiger partial charge is 0.497 e. The van der Waals surface area contributed by atoms with Gasteiger partial charge < -0.3 is 4.74 Å². The van der Waals surface area contributed by atoms with Crippen molar-refractivity contribution in [2.45, 2.75) is 17.7 Å². The molecule has 1 aliphatic rings. The fourth-order valence-electron chi connectivity index (χ4n) is 2.89. The van der Waals surface area contributed by atoms with E-state index in [-0.39, 0.29) is 16.3 Å². The summed E-state index contributed by atoms with van der Waals surface area (Å²) in [6, 6.07) is 10.9. The molecule has 1 fully saturated rings. The Morgan fingerprint density at radius 1 is 1.21 bits per heavy atom. The minimum absolute atomic E-state index is 0.0941. The standard InChI is InChI=1S/C18H20N4O5S/c1-27-15-6-4-5-14(11-15)13-19-20-17-8-7-16(12-18(17)22(23)24)28(25,26)21-9-2-3-10-21/h4-8,11-13,20H,2-3,9-10H2,1H3/b19-13+. The van der Waals surface area contributed by atoms with Crippen LogP contribution in [0.3, 0.4) is 0 Å². The van der Waals surface area contributed by atoms with Gasteiger partial charge in [-0.05, 0) is 42.7 Å². The molecule has 1 aliphatic heterocycles. The van der Waals surface area contributed by atoms with Gasteiger partial charge in [0, 0.05) is 19.2 Å². The van der Waals surface area contributed by atoms with E-state index in [0.717, 1.165) is 24.5 Å². The normalized spacial score (nSPS) is 15.0. The molecule has 10 heteroatoms. The molecule has 1 heterocycles. The SMILES string of the molecule is COc1cccc(/C=N/Nc2ccc(S(=O)(=O)N3CCCC3)cc2[N+](=O)[O-])c1. The second-order valence-corrected chi connectivity index (χ2v) is 8.13. The summed E-state index contributed by atoms with van der Waals surface area (Å²) < 4.78 is 31.7. The fraction of sp³-hybridized carbons (Fsp3) is 0.278. The second kappa shape index (κ2) is 8.36. The number of benzene rings is 2. The van der Waals surface area contributed by atoms with Gasteiger partial charge >= 0.3 is 0 Å². The zero-order valence-electron chi connectivity index (χ0n) is 15.2. The Bertz CT molecular complexity index is 1000. The minimum atomic E-state index is -3.73. The van der Waals surface area contributed by atoms with Gasteiger partial charge in [0.1, 0.15) is 11.4 Å². The van der Waals surface area contributed by atoms with E-state index in [1.807, 2.05) is 0 Å². The molecular formula is C18H20N4O5S. The molecule has 0 aliphatic carbocycles. The van der Waals surface area contributed by atoms with Crippen molar-refractivity contribution in [3.05, 3.63) is 58.1 Å². The second-order valence-electron chi connectivity index (χ2n) is 6.19. The van der Waals surface area contributed by atoms with Crippen LogP contribution < -0.4 is 10.2 Å². The average molecular weight is 404 g/mol. The lowest BCUT2D eigenvalue weighted by molar-refractivity contribution is -0.384. The maximum Gasteiger partial charge on any atom is 0.295 e. The summed E-state index contributed by atoms with van der Waals surface area (Å²) in [7, 11) is -2.18. The van der Waals surface area contributed by atoms with Crippen molar-refractivity contribution in [1.29, 1.82) is 0 Å². The van der Waals surface area contributed by atoms with Gasteiger partial charge in [0.25, 0.3) is 5.69 Å². The number of nitrogens with zero attached hydrogens (tertiary/aromatic N) is 3. The van der Waals surface area contributed by atoms with Crippen LogP contribution in [0.2, 0.25) is 0 Å². The van der Waals surface area contributed by atoms with E-state index >= 15 is 0 Å². The summed E-state index contributed by atoms with van der Waals surface area (Å²) in [6.07, 6.45) is 3.07. The lowest BCUT2D eigenvalue weighted by atomic mass is 10.2. The van der Waals surface area contributed by atoms with Gasteiger partial charge in [-0.1, -0.05) is 12.1 Å². The maximum absolute atomic E-state index is 12.6. The van der Waals surface area contributed by atoms with Crippen LogP contribution in [0.25, 0.3) is 0 Å². The topological polar surface area (TPSA) is 114 Å². The third kappa shape index (κ3) is 4.29. The number of nitrogens with one attached hydrogen (secondary N) is 1. The zero-order chi connectivity index (χ0) is 20.1. The molecule has 0 amide bonds. The molecule has 0 bridgehead atoms. The van der Waals surface area contributed by atoms with Gasteiger partial charge in [0.15, 0.2) is 0 Å². The quantitative estimate of drug-likeness (QED) is 0.431. The molecule has 0 spiro atoms. The van der Waals surface area contributed by atoms with E-state index in [1.165, 1.54) is 22.7 Å². The van der Waals surface area contributed by atoms with E-state index in [1.54, 1.807) is 31.4 Å². The smallest absolute Gasteiger partial charge is 0.295 e. The maximum atomic E-state index is 12.6. The van der Waals surface area contributed by atoms with E-state index < -0.39 is 14.9 Å². The van der Waals surface area contributed by atoms with Crippen LogP contribution in [0, 0.1) is 10.1 Å². The zero-order valence-corrected chi connectivity index (χ0v) is 16.1. The first-order chi connectivity index (χ1) is 13.4. The number of sulfonamides is 1. The van der Waals surface area contributed by atoms with Crippen molar-refractivity contribution < 1.29 is 18.1 Å². The van der Waals surface area contributed by atoms with Gasteiger partial charge in [-0.25, -0.2) is 8.42 Å². The highest BCUT2D eigenvalue weighted by Gasteiger charge is 2.29. The molecule has 148 valence electrons. The van der Waals surface area contributed by atoms with Crippen molar-refractivity contribution in [1.82, 2.24) is 4.31 Å². The fourth-order valence-corrected chi connectivity index (χ4v) is 4.43. The van der Waals surface area contributed by atoms with E-state index in [9.17, 15) is 18.5 Å². The Labute approximate surface area is 162 Å². The molecule has 0 atom stereocenters. The van der Waals surface area contributed by atoms with Gasteiger partial charge in [-0.2, -0.15) is 9.41 Å². The van der Waals surface area contributed by atoms with Crippen molar-refractivity contribution in [3.8, 4) is 5.75 Å². The lowest BCUT2D eigenvalue weighted by Gasteiger charge is -2.15. The van der Waals surface area contributed by atoms with Crippen LogP contribution in [0.15, 0.2) is 52.5 Å². The highest BCUT2D eigenvalue weighted by Crippen LogP contribution is 2.30. The Morgan fingerprint density at radius 3 is 2.64 bits per heavy atom. The number of ether oxygens (including phenoxy) is 1. The molecule has 0 aromatic heterocycles.